The lowest BCUT2D eigenvalue weighted by Crippen LogP contribution is -2.00. The summed E-state index contributed by atoms with van der Waals surface area (Å²) in [5.41, 5.74) is 5.07. The molecular weight excluding hydrogens is 248 g/mol. The number of aromatic nitrogens is 4. The highest BCUT2D eigenvalue weighted by atomic mass is 15.1. The second kappa shape index (κ2) is 5.04. The molecule has 1 aromatic carbocycles. The SMILES string of the molecule is CCc1ccc(-c2ncnc3c2ncn3C(C)C)cc1. The molecule has 3 aromatic rings. The summed E-state index contributed by atoms with van der Waals surface area (Å²) >= 11 is 0. The molecular formula is C16H18N4. The van der Waals surface area contributed by atoms with E-state index in [9.17, 15) is 0 Å². The first-order valence-corrected chi connectivity index (χ1v) is 6.97. The van der Waals surface area contributed by atoms with Gasteiger partial charge in [-0.2, -0.15) is 0 Å². The minimum atomic E-state index is 0.338. The predicted molar refractivity (Wildman–Crippen MR) is 80.5 cm³/mol. The van der Waals surface area contributed by atoms with E-state index >= 15 is 0 Å². The van der Waals surface area contributed by atoms with Crippen LogP contribution in [0, 0.1) is 0 Å². The molecule has 0 spiro atoms. The molecule has 0 bridgehead atoms. The summed E-state index contributed by atoms with van der Waals surface area (Å²) in [6.07, 6.45) is 4.50. The second-order valence-electron chi connectivity index (χ2n) is 5.19. The van der Waals surface area contributed by atoms with Gasteiger partial charge in [0.15, 0.2) is 5.65 Å². The van der Waals surface area contributed by atoms with Gasteiger partial charge in [0, 0.05) is 11.6 Å². The fraction of sp³-hybridized carbons (Fsp3) is 0.312. The average molecular weight is 266 g/mol. The van der Waals surface area contributed by atoms with E-state index in [2.05, 4.69) is 64.6 Å². The lowest BCUT2D eigenvalue weighted by atomic mass is 10.1. The molecule has 0 radical (unpaired) electrons. The number of nitrogens with zero attached hydrogens (tertiary/aromatic N) is 4. The zero-order valence-electron chi connectivity index (χ0n) is 12.0. The molecule has 0 aliphatic rings. The molecule has 0 amide bonds. The van der Waals surface area contributed by atoms with Crippen LogP contribution in [0.2, 0.25) is 0 Å². The van der Waals surface area contributed by atoms with Crippen LogP contribution in [-0.4, -0.2) is 19.5 Å². The molecule has 0 saturated heterocycles. The maximum atomic E-state index is 4.50. The number of benzene rings is 1. The summed E-state index contributed by atoms with van der Waals surface area (Å²) in [6.45, 7) is 6.40. The summed E-state index contributed by atoms with van der Waals surface area (Å²) in [7, 11) is 0. The summed E-state index contributed by atoms with van der Waals surface area (Å²) < 4.78 is 2.07. The highest BCUT2D eigenvalue weighted by molar-refractivity contribution is 5.87. The Bertz CT molecular complexity index is 726. The van der Waals surface area contributed by atoms with Crippen LogP contribution in [0.3, 0.4) is 0 Å². The van der Waals surface area contributed by atoms with Crippen molar-refractivity contribution in [2.75, 3.05) is 0 Å². The van der Waals surface area contributed by atoms with Gasteiger partial charge < -0.3 is 4.57 Å². The van der Waals surface area contributed by atoms with Crippen LogP contribution in [0.25, 0.3) is 22.4 Å². The minimum Gasteiger partial charge on any atom is -0.313 e. The van der Waals surface area contributed by atoms with Crippen LogP contribution in [0.4, 0.5) is 0 Å². The van der Waals surface area contributed by atoms with E-state index in [0.29, 0.717) is 6.04 Å². The molecule has 0 atom stereocenters. The molecule has 2 aromatic heterocycles. The van der Waals surface area contributed by atoms with Crippen LogP contribution >= 0.6 is 0 Å². The molecule has 0 aliphatic heterocycles. The molecule has 4 nitrogen and oxygen atoms in total. The summed E-state index contributed by atoms with van der Waals surface area (Å²) in [5.74, 6) is 0. The van der Waals surface area contributed by atoms with Crippen molar-refractivity contribution in [3.8, 4) is 11.3 Å². The zero-order valence-corrected chi connectivity index (χ0v) is 12.0. The summed E-state index contributed by atoms with van der Waals surface area (Å²) in [4.78, 5) is 13.3. The first-order valence-electron chi connectivity index (χ1n) is 6.97. The van der Waals surface area contributed by atoms with Crippen molar-refractivity contribution in [1.82, 2.24) is 19.5 Å². The first-order chi connectivity index (χ1) is 9.70. The van der Waals surface area contributed by atoms with Gasteiger partial charge in [-0.25, -0.2) is 15.0 Å². The van der Waals surface area contributed by atoms with Gasteiger partial charge in [-0.15, -0.1) is 0 Å². The van der Waals surface area contributed by atoms with Gasteiger partial charge >= 0.3 is 0 Å². The van der Waals surface area contributed by atoms with Crippen LogP contribution in [-0.2, 0) is 6.42 Å². The normalized spacial score (nSPS) is 11.4. The van der Waals surface area contributed by atoms with Crippen LogP contribution < -0.4 is 0 Å². The van der Waals surface area contributed by atoms with Gasteiger partial charge in [0.05, 0.1) is 6.33 Å². The van der Waals surface area contributed by atoms with Gasteiger partial charge in [-0.1, -0.05) is 31.2 Å². The molecule has 3 rings (SSSR count). The third-order valence-corrected chi connectivity index (χ3v) is 3.55. The minimum absolute atomic E-state index is 0.338. The molecule has 0 unspecified atom stereocenters. The van der Waals surface area contributed by atoms with Crippen molar-refractivity contribution in [3.05, 3.63) is 42.5 Å². The molecule has 0 N–H and O–H groups in total. The first kappa shape index (κ1) is 12.8. The Balaban J connectivity index is 2.15. The number of hydrogen-bond donors (Lipinski definition) is 0. The maximum absolute atomic E-state index is 4.50. The Hall–Kier alpha value is -2.23. The van der Waals surface area contributed by atoms with Gasteiger partial charge in [-0.3, -0.25) is 0 Å². The van der Waals surface area contributed by atoms with E-state index in [0.717, 1.165) is 28.8 Å². The van der Waals surface area contributed by atoms with Crippen molar-refractivity contribution in [2.45, 2.75) is 33.2 Å². The monoisotopic (exact) mass is 266 g/mol. The third kappa shape index (κ3) is 2.07. The summed E-state index contributed by atoms with van der Waals surface area (Å²) in [5, 5.41) is 0. The van der Waals surface area contributed by atoms with Crippen molar-refractivity contribution in [3.63, 3.8) is 0 Å². The van der Waals surface area contributed by atoms with E-state index in [4.69, 9.17) is 0 Å². The Labute approximate surface area is 118 Å². The topological polar surface area (TPSA) is 43.6 Å². The number of aryl methyl sites for hydroxylation is 1. The van der Waals surface area contributed by atoms with Crippen LogP contribution in [0.15, 0.2) is 36.9 Å². The van der Waals surface area contributed by atoms with Crippen molar-refractivity contribution in [1.29, 1.82) is 0 Å². The molecule has 102 valence electrons. The number of imidazole rings is 1. The van der Waals surface area contributed by atoms with Gasteiger partial charge in [0.2, 0.25) is 0 Å². The van der Waals surface area contributed by atoms with E-state index < -0.39 is 0 Å². The smallest absolute Gasteiger partial charge is 0.164 e. The fourth-order valence-corrected chi connectivity index (χ4v) is 2.34. The third-order valence-electron chi connectivity index (χ3n) is 3.55. The lowest BCUT2D eigenvalue weighted by Gasteiger charge is -2.07. The van der Waals surface area contributed by atoms with Gasteiger partial charge in [-0.05, 0) is 25.8 Å². The molecule has 20 heavy (non-hydrogen) atoms. The number of rotatable bonds is 3. The summed E-state index contributed by atoms with van der Waals surface area (Å²) in [6, 6.07) is 8.83. The number of hydrogen-bond acceptors (Lipinski definition) is 3. The van der Waals surface area contributed by atoms with Crippen LogP contribution in [0.1, 0.15) is 32.4 Å². The maximum Gasteiger partial charge on any atom is 0.164 e. The molecule has 2 heterocycles. The van der Waals surface area contributed by atoms with Gasteiger partial charge in [0.1, 0.15) is 17.5 Å². The standard InChI is InChI=1S/C16H18N4/c1-4-12-5-7-13(8-6-12)14-15-16(18-9-17-14)20(10-19-15)11(2)3/h5-11H,4H2,1-3H3. The largest absolute Gasteiger partial charge is 0.313 e. The molecule has 0 fully saturated rings. The van der Waals surface area contributed by atoms with Crippen molar-refractivity contribution in [2.24, 2.45) is 0 Å². The second-order valence-corrected chi connectivity index (χ2v) is 5.19. The van der Waals surface area contributed by atoms with Crippen molar-refractivity contribution >= 4 is 11.2 Å². The van der Waals surface area contributed by atoms with E-state index in [1.54, 1.807) is 6.33 Å². The lowest BCUT2D eigenvalue weighted by molar-refractivity contribution is 0.612. The highest BCUT2D eigenvalue weighted by Gasteiger charge is 2.12. The van der Waals surface area contributed by atoms with E-state index in [-0.39, 0.29) is 0 Å². The van der Waals surface area contributed by atoms with E-state index in [1.807, 2.05) is 6.33 Å². The zero-order chi connectivity index (χ0) is 14.1. The average Bonchev–Trinajstić information content (AvgIpc) is 2.91. The Kier molecular flexibility index (Phi) is 3.22. The number of fused-ring (bicyclic) bond motifs is 1. The Morgan fingerprint density at radius 1 is 1.05 bits per heavy atom. The van der Waals surface area contributed by atoms with Crippen LogP contribution in [0.5, 0.6) is 0 Å². The highest BCUT2D eigenvalue weighted by Crippen LogP contribution is 2.25. The Morgan fingerprint density at radius 3 is 2.45 bits per heavy atom. The predicted octanol–water partition coefficient (Wildman–Crippen LogP) is 3.64. The van der Waals surface area contributed by atoms with E-state index in [1.165, 1.54) is 5.56 Å². The quantitative estimate of drug-likeness (QED) is 0.727. The fourth-order valence-electron chi connectivity index (χ4n) is 2.34. The molecule has 0 aliphatic carbocycles. The van der Waals surface area contributed by atoms with Crippen molar-refractivity contribution < 1.29 is 0 Å². The molecule has 4 heteroatoms. The van der Waals surface area contributed by atoms with Gasteiger partial charge in [0.25, 0.3) is 0 Å². The molecule has 0 saturated carbocycles. The Morgan fingerprint density at radius 2 is 1.80 bits per heavy atom.